The summed E-state index contributed by atoms with van der Waals surface area (Å²) in [7, 11) is -3.69. The van der Waals surface area contributed by atoms with Gasteiger partial charge in [-0.3, -0.25) is 4.79 Å². The summed E-state index contributed by atoms with van der Waals surface area (Å²) in [5.41, 5.74) is -0.510. The first-order valence-corrected chi connectivity index (χ1v) is 9.66. The summed E-state index contributed by atoms with van der Waals surface area (Å²) in [5, 5.41) is 2.47. The van der Waals surface area contributed by atoms with Gasteiger partial charge in [0.15, 0.2) is 0 Å². The maximum atomic E-state index is 12.7. The Labute approximate surface area is 161 Å². The first-order valence-electron chi connectivity index (χ1n) is 8.17. The molecule has 5 nitrogen and oxygen atoms in total. The molecule has 9 heteroatoms. The van der Waals surface area contributed by atoms with E-state index >= 15 is 0 Å². The molecule has 0 saturated carbocycles. The van der Waals surface area contributed by atoms with Crippen molar-refractivity contribution < 1.29 is 26.4 Å². The number of amides is 1. The average Bonchev–Trinajstić information content (AvgIpc) is 2.65. The van der Waals surface area contributed by atoms with Crippen molar-refractivity contribution in [1.82, 2.24) is 10.0 Å². The summed E-state index contributed by atoms with van der Waals surface area (Å²) in [6.45, 7) is 1.74. The van der Waals surface area contributed by atoms with Crippen molar-refractivity contribution in [1.29, 1.82) is 0 Å². The molecule has 2 N–H and O–H groups in total. The summed E-state index contributed by atoms with van der Waals surface area (Å²) in [6.07, 6.45) is -4.45. The van der Waals surface area contributed by atoms with Crippen molar-refractivity contribution in [2.24, 2.45) is 0 Å². The zero-order valence-corrected chi connectivity index (χ0v) is 15.6. The van der Waals surface area contributed by atoms with Crippen LogP contribution in [-0.2, 0) is 16.2 Å². The van der Waals surface area contributed by atoms with E-state index in [-0.39, 0.29) is 29.1 Å². The summed E-state index contributed by atoms with van der Waals surface area (Å²) < 4.78 is 64.3. The molecule has 1 amide bonds. The first kappa shape index (κ1) is 21.5. The van der Waals surface area contributed by atoms with Gasteiger partial charge in [-0.25, -0.2) is 13.1 Å². The van der Waals surface area contributed by atoms with E-state index in [0.717, 1.165) is 12.1 Å². The van der Waals surface area contributed by atoms with Gasteiger partial charge >= 0.3 is 6.18 Å². The fourth-order valence-electron chi connectivity index (χ4n) is 2.22. The molecule has 0 aliphatic heterocycles. The second kappa shape index (κ2) is 8.91. The fraction of sp³-hybridized carbons (Fsp3) is 0.211. The Morgan fingerprint density at radius 3 is 2.50 bits per heavy atom. The van der Waals surface area contributed by atoms with E-state index in [4.69, 9.17) is 0 Å². The van der Waals surface area contributed by atoms with Gasteiger partial charge < -0.3 is 5.32 Å². The Balaban J connectivity index is 2.04. The monoisotopic (exact) mass is 410 g/mol. The molecule has 28 heavy (non-hydrogen) atoms. The Bertz CT molecular complexity index is 1020. The highest BCUT2D eigenvalue weighted by atomic mass is 32.2. The molecule has 2 aromatic carbocycles. The lowest BCUT2D eigenvalue weighted by molar-refractivity contribution is -0.137. The SMILES string of the molecule is CCNS(=O)(=O)c1cccc(C(=O)NCC#Cc2cccc(C(F)(F)F)c2)c1. The molecule has 0 saturated heterocycles. The number of hydrogen-bond donors (Lipinski definition) is 2. The van der Waals surface area contributed by atoms with Crippen LogP contribution in [0.25, 0.3) is 0 Å². The largest absolute Gasteiger partial charge is 0.416 e. The number of benzene rings is 2. The smallest absolute Gasteiger partial charge is 0.341 e. The fourth-order valence-corrected chi connectivity index (χ4v) is 3.31. The highest BCUT2D eigenvalue weighted by Gasteiger charge is 2.30. The molecule has 0 aliphatic rings. The van der Waals surface area contributed by atoms with Crippen LogP contribution in [0.3, 0.4) is 0 Å². The van der Waals surface area contributed by atoms with Gasteiger partial charge in [-0.05, 0) is 36.4 Å². The van der Waals surface area contributed by atoms with E-state index in [2.05, 4.69) is 21.9 Å². The van der Waals surface area contributed by atoms with Crippen LogP contribution in [0, 0.1) is 11.8 Å². The Morgan fingerprint density at radius 1 is 1.11 bits per heavy atom. The molecule has 148 valence electrons. The summed E-state index contributed by atoms with van der Waals surface area (Å²) in [5.74, 6) is 4.56. The number of alkyl halides is 3. The van der Waals surface area contributed by atoms with E-state index in [0.29, 0.717) is 0 Å². The summed E-state index contributed by atoms with van der Waals surface area (Å²) in [6, 6.07) is 10.0. The number of halogens is 3. The predicted molar refractivity (Wildman–Crippen MR) is 98.0 cm³/mol. The summed E-state index contributed by atoms with van der Waals surface area (Å²) in [4.78, 5) is 12.1. The molecule has 0 aromatic heterocycles. The minimum atomic E-state index is -4.45. The number of nitrogens with one attached hydrogen (secondary N) is 2. The van der Waals surface area contributed by atoms with Crippen LogP contribution in [0.4, 0.5) is 13.2 Å². The minimum Gasteiger partial charge on any atom is -0.341 e. The quantitative estimate of drug-likeness (QED) is 0.745. The van der Waals surface area contributed by atoms with Crippen molar-refractivity contribution >= 4 is 15.9 Å². The summed E-state index contributed by atoms with van der Waals surface area (Å²) >= 11 is 0. The van der Waals surface area contributed by atoms with Crippen LogP contribution < -0.4 is 10.0 Å². The number of rotatable bonds is 5. The topological polar surface area (TPSA) is 75.3 Å². The highest BCUT2D eigenvalue weighted by molar-refractivity contribution is 7.89. The molecule has 0 spiro atoms. The maximum Gasteiger partial charge on any atom is 0.416 e. The average molecular weight is 410 g/mol. The van der Waals surface area contributed by atoms with Gasteiger partial charge in [0.05, 0.1) is 17.0 Å². The first-order chi connectivity index (χ1) is 13.1. The molecule has 0 heterocycles. The Kier molecular flexibility index (Phi) is 6.83. The lowest BCUT2D eigenvalue weighted by atomic mass is 10.1. The number of hydrogen-bond acceptors (Lipinski definition) is 3. The number of sulfonamides is 1. The third-order valence-electron chi connectivity index (χ3n) is 3.50. The second-order valence-electron chi connectivity index (χ2n) is 5.59. The van der Waals surface area contributed by atoms with E-state index < -0.39 is 27.7 Å². The van der Waals surface area contributed by atoms with E-state index in [1.807, 2.05) is 0 Å². The van der Waals surface area contributed by atoms with Crippen molar-refractivity contribution in [3.63, 3.8) is 0 Å². The van der Waals surface area contributed by atoms with Crippen molar-refractivity contribution in [2.75, 3.05) is 13.1 Å². The van der Waals surface area contributed by atoms with Crippen LogP contribution >= 0.6 is 0 Å². The van der Waals surface area contributed by atoms with Gasteiger partial charge in [-0.2, -0.15) is 13.2 Å². The van der Waals surface area contributed by atoms with Gasteiger partial charge in [0, 0.05) is 17.7 Å². The second-order valence-corrected chi connectivity index (χ2v) is 7.36. The molecule has 2 rings (SSSR count). The van der Waals surface area contributed by atoms with E-state index in [1.54, 1.807) is 6.92 Å². The van der Waals surface area contributed by atoms with Gasteiger partial charge in [0.2, 0.25) is 10.0 Å². The minimum absolute atomic E-state index is 0.0444. The molecule has 0 unspecified atom stereocenters. The van der Waals surface area contributed by atoms with Gasteiger partial charge in [0.25, 0.3) is 5.91 Å². The zero-order valence-electron chi connectivity index (χ0n) is 14.8. The molecule has 0 bridgehead atoms. The normalized spacial score (nSPS) is 11.4. The van der Waals surface area contributed by atoms with Crippen LogP contribution in [0.15, 0.2) is 53.4 Å². The lowest BCUT2D eigenvalue weighted by Crippen LogP contribution is -2.25. The lowest BCUT2D eigenvalue weighted by Gasteiger charge is -2.07. The number of carbonyl (C=O) groups excluding carboxylic acids is 1. The van der Waals surface area contributed by atoms with Gasteiger partial charge in [0.1, 0.15) is 0 Å². The van der Waals surface area contributed by atoms with Crippen molar-refractivity contribution in [3.05, 3.63) is 65.2 Å². The third kappa shape index (κ3) is 5.84. The van der Waals surface area contributed by atoms with Crippen molar-refractivity contribution in [3.8, 4) is 11.8 Å². The standard InChI is InChI=1S/C19H17F3N2O3S/c1-2-24-28(26,27)17-10-4-8-15(13-17)18(25)23-11-5-7-14-6-3-9-16(12-14)19(20,21)22/h3-4,6,8-10,12-13,24H,2,11H2,1H3,(H,23,25). The van der Waals surface area contributed by atoms with E-state index in [9.17, 15) is 26.4 Å². The van der Waals surface area contributed by atoms with Crippen molar-refractivity contribution in [2.45, 2.75) is 18.0 Å². The molecular formula is C19H17F3N2O3S. The van der Waals surface area contributed by atoms with Crippen LogP contribution in [0.2, 0.25) is 0 Å². The highest BCUT2D eigenvalue weighted by Crippen LogP contribution is 2.29. The predicted octanol–water partition coefficient (Wildman–Crippen LogP) is 2.79. The third-order valence-corrected chi connectivity index (χ3v) is 5.04. The van der Waals surface area contributed by atoms with Gasteiger partial charge in [-0.1, -0.05) is 30.9 Å². The van der Waals surface area contributed by atoms with Gasteiger partial charge in [-0.15, -0.1) is 0 Å². The maximum absolute atomic E-state index is 12.7. The molecule has 0 radical (unpaired) electrons. The van der Waals surface area contributed by atoms with E-state index in [1.165, 1.54) is 36.4 Å². The Morgan fingerprint density at radius 2 is 1.82 bits per heavy atom. The molecule has 2 aromatic rings. The molecular weight excluding hydrogens is 393 g/mol. The molecule has 0 atom stereocenters. The van der Waals surface area contributed by atoms with Crippen LogP contribution in [-0.4, -0.2) is 27.4 Å². The number of carbonyl (C=O) groups is 1. The Hall–Kier alpha value is -2.83. The zero-order chi connectivity index (χ0) is 20.8. The molecule has 0 aliphatic carbocycles. The molecule has 0 fully saturated rings. The van der Waals surface area contributed by atoms with Crippen LogP contribution in [0.5, 0.6) is 0 Å². The van der Waals surface area contributed by atoms with Crippen LogP contribution in [0.1, 0.15) is 28.4 Å².